The van der Waals surface area contributed by atoms with E-state index in [-0.39, 0.29) is 0 Å². The third-order valence-corrected chi connectivity index (χ3v) is 2.74. The maximum Gasteiger partial charge on any atom is 0.0406 e. The summed E-state index contributed by atoms with van der Waals surface area (Å²) in [5, 5.41) is 0.814. The van der Waals surface area contributed by atoms with Crippen LogP contribution in [0.4, 0.5) is 0 Å². The predicted octanol–water partition coefficient (Wildman–Crippen LogP) is 4.80. The number of hydrogen-bond donors (Lipinski definition) is 0. The molecule has 0 spiro atoms. The number of benzene rings is 1. The summed E-state index contributed by atoms with van der Waals surface area (Å²) >= 11 is 5.85. The van der Waals surface area contributed by atoms with Crippen LogP contribution < -0.4 is 0 Å². The van der Waals surface area contributed by atoms with Gasteiger partial charge in [0.2, 0.25) is 0 Å². The molecular weight excluding hydrogens is 192 g/mol. The van der Waals surface area contributed by atoms with E-state index in [1.807, 2.05) is 12.1 Å². The van der Waals surface area contributed by atoms with E-state index in [2.05, 4.69) is 38.1 Å². The van der Waals surface area contributed by atoms with Crippen LogP contribution in [0.15, 0.2) is 36.4 Å². The summed E-state index contributed by atoms with van der Waals surface area (Å²) in [5.74, 6) is 0.628. The molecule has 0 heterocycles. The van der Waals surface area contributed by atoms with Crippen molar-refractivity contribution < 1.29 is 0 Å². The molecule has 0 nitrogen and oxygen atoms in total. The lowest BCUT2D eigenvalue weighted by molar-refractivity contribution is 0.674. The largest absolute Gasteiger partial charge is 0.0916 e. The van der Waals surface area contributed by atoms with Gasteiger partial charge in [0.1, 0.15) is 0 Å². The molecule has 14 heavy (non-hydrogen) atoms. The zero-order valence-corrected chi connectivity index (χ0v) is 9.59. The molecule has 0 N–H and O–H groups in total. The van der Waals surface area contributed by atoms with Crippen molar-refractivity contribution in [2.45, 2.75) is 32.6 Å². The van der Waals surface area contributed by atoms with Crippen LogP contribution in [0.2, 0.25) is 5.02 Å². The summed E-state index contributed by atoms with van der Waals surface area (Å²) in [7, 11) is 0. The van der Waals surface area contributed by atoms with Crippen molar-refractivity contribution in [3.63, 3.8) is 0 Å². The minimum absolute atomic E-state index is 0.628. The van der Waals surface area contributed by atoms with E-state index in [9.17, 15) is 0 Å². The van der Waals surface area contributed by atoms with Crippen LogP contribution in [0.3, 0.4) is 0 Å². The Kier molecular flexibility index (Phi) is 4.75. The zero-order valence-electron chi connectivity index (χ0n) is 8.83. The molecule has 1 rings (SSSR count). The average molecular weight is 209 g/mol. The van der Waals surface area contributed by atoms with Gasteiger partial charge < -0.3 is 0 Å². The van der Waals surface area contributed by atoms with Crippen molar-refractivity contribution in [3.05, 3.63) is 47.0 Å². The third-order valence-electron chi connectivity index (χ3n) is 2.49. The van der Waals surface area contributed by atoms with Gasteiger partial charge in [-0.25, -0.2) is 0 Å². The Bertz CT molecular complexity index is 285. The van der Waals surface area contributed by atoms with E-state index >= 15 is 0 Å². The Morgan fingerprint density at radius 3 is 2.43 bits per heavy atom. The van der Waals surface area contributed by atoms with Gasteiger partial charge in [-0.2, -0.15) is 0 Å². The Balaban J connectivity index is 2.73. The van der Waals surface area contributed by atoms with Gasteiger partial charge in [0.15, 0.2) is 0 Å². The smallest absolute Gasteiger partial charge is 0.0406 e. The zero-order chi connectivity index (χ0) is 10.4. The first-order valence-electron chi connectivity index (χ1n) is 5.14. The molecule has 0 aliphatic carbocycles. The van der Waals surface area contributed by atoms with Crippen LogP contribution >= 0.6 is 11.6 Å². The SMILES string of the molecule is C/C=C\CC(CC)c1ccc(Cl)cc1. The summed E-state index contributed by atoms with van der Waals surface area (Å²) in [5.41, 5.74) is 1.38. The van der Waals surface area contributed by atoms with Crippen molar-refractivity contribution in [1.29, 1.82) is 0 Å². The molecule has 0 radical (unpaired) electrons. The summed E-state index contributed by atoms with van der Waals surface area (Å²) in [6.07, 6.45) is 6.63. The average Bonchev–Trinajstić information content (AvgIpc) is 2.21. The van der Waals surface area contributed by atoms with Gasteiger partial charge in [0, 0.05) is 5.02 Å². The maximum absolute atomic E-state index is 5.85. The highest BCUT2D eigenvalue weighted by Crippen LogP contribution is 2.24. The Morgan fingerprint density at radius 2 is 1.93 bits per heavy atom. The summed E-state index contributed by atoms with van der Waals surface area (Å²) < 4.78 is 0. The molecule has 0 aliphatic heterocycles. The highest BCUT2D eigenvalue weighted by Gasteiger charge is 2.06. The monoisotopic (exact) mass is 208 g/mol. The first-order chi connectivity index (χ1) is 6.77. The van der Waals surface area contributed by atoms with E-state index in [0.29, 0.717) is 5.92 Å². The van der Waals surface area contributed by atoms with E-state index in [1.54, 1.807) is 0 Å². The molecule has 1 atom stereocenters. The summed E-state index contributed by atoms with van der Waals surface area (Å²) in [4.78, 5) is 0. The number of allylic oxidation sites excluding steroid dienone is 2. The molecule has 1 unspecified atom stereocenters. The van der Waals surface area contributed by atoms with Gasteiger partial charge in [0.05, 0.1) is 0 Å². The number of halogens is 1. The normalized spacial score (nSPS) is 13.4. The maximum atomic E-state index is 5.85. The molecule has 0 aromatic heterocycles. The van der Waals surface area contributed by atoms with Crippen molar-refractivity contribution in [3.8, 4) is 0 Å². The summed E-state index contributed by atoms with van der Waals surface area (Å²) in [6.45, 7) is 4.29. The van der Waals surface area contributed by atoms with Gasteiger partial charge in [-0.05, 0) is 43.4 Å². The molecule has 0 amide bonds. The van der Waals surface area contributed by atoms with Crippen LogP contribution in [0.25, 0.3) is 0 Å². The van der Waals surface area contributed by atoms with Crippen molar-refractivity contribution in [1.82, 2.24) is 0 Å². The van der Waals surface area contributed by atoms with Gasteiger partial charge >= 0.3 is 0 Å². The topological polar surface area (TPSA) is 0 Å². The second kappa shape index (κ2) is 5.87. The predicted molar refractivity (Wildman–Crippen MR) is 63.9 cm³/mol. The van der Waals surface area contributed by atoms with E-state index in [0.717, 1.165) is 11.4 Å². The molecule has 0 fully saturated rings. The van der Waals surface area contributed by atoms with Crippen molar-refractivity contribution >= 4 is 11.6 Å². The molecule has 0 saturated heterocycles. The first-order valence-corrected chi connectivity index (χ1v) is 5.52. The lowest BCUT2D eigenvalue weighted by atomic mass is 9.93. The minimum Gasteiger partial charge on any atom is -0.0916 e. The van der Waals surface area contributed by atoms with Crippen LogP contribution in [0, 0.1) is 0 Å². The highest BCUT2D eigenvalue weighted by atomic mass is 35.5. The fourth-order valence-electron chi connectivity index (χ4n) is 1.57. The van der Waals surface area contributed by atoms with Gasteiger partial charge in [0.25, 0.3) is 0 Å². The molecule has 1 aromatic carbocycles. The van der Waals surface area contributed by atoms with Crippen molar-refractivity contribution in [2.75, 3.05) is 0 Å². The fraction of sp³-hybridized carbons (Fsp3) is 0.385. The van der Waals surface area contributed by atoms with Crippen molar-refractivity contribution in [2.24, 2.45) is 0 Å². The molecule has 1 aromatic rings. The van der Waals surface area contributed by atoms with E-state index < -0.39 is 0 Å². The molecule has 76 valence electrons. The highest BCUT2D eigenvalue weighted by molar-refractivity contribution is 6.30. The number of rotatable bonds is 4. The van der Waals surface area contributed by atoms with Crippen LogP contribution in [0.1, 0.15) is 38.2 Å². The molecule has 0 bridgehead atoms. The molecule has 1 heteroatoms. The fourth-order valence-corrected chi connectivity index (χ4v) is 1.70. The quantitative estimate of drug-likeness (QED) is 0.624. The second-order valence-corrected chi connectivity index (χ2v) is 3.90. The Labute approximate surface area is 91.6 Å². The molecular formula is C13H17Cl. The van der Waals surface area contributed by atoms with E-state index in [4.69, 9.17) is 11.6 Å². The second-order valence-electron chi connectivity index (χ2n) is 3.46. The lowest BCUT2D eigenvalue weighted by Gasteiger charge is -2.12. The van der Waals surface area contributed by atoms with Gasteiger partial charge in [-0.3, -0.25) is 0 Å². The number of hydrogen-bond acceptors (Lipinski definition) is 0. The Hall–Kier alpha value is -0.750. The minimum atomic E-state index is 0.628. The Morgan fingerprint density at radius 1 is 1.29 bits per heavy atom. The standard InChI is InChI=1S/C13H17Cl/c1-3-5-6-11(4-2)12-7-9-13(14)10-8-12/h3,5,7-11H,4,6H2,1-2H3/b5-3-. The van der Waals surface area contributed by atoms with Crippen LogP contribution in [-0.4, -0.2) is 0 Å². The lowest BCUT2D eigenvalue weighted by Crippen LogP contribution is -1.95. The van der Waals surface area contributed by atoms with E-state index in [1.165, 1.54) is 12.0 Å². The third kappa shape index (κ3) is 3.19. The van der Waals surface area contributed by atoms with Gasteiger partial charge in [-0.15, -0.1) is 0 Å². The van der Waals surface area contributed by atoms with Gasteiger partial charge in [-0.1, -0.05) is 42.8 Å². The summed E-state index contributed by atoms with van der Waals surface area (Å²) in [6, 6.07) is 8.18. The van der Waals surface area contributed by atoms with Crippen LogP contribution in [-0.2, 0) is 0 Å². The van der Waals surface area contributed by atoms with Crippen LogP contribution in [0.5, 0.6) is 0 Å². The first kappa shape index (κ1) is 11.3. The molecule has 0 aliphatic rings. The molecule has 0 saturated carbocycles.